The van der Waals surface area contributed by atoms with Gasteiger partial charge in [0.05, 0.1) is 4.90 Å². The number of hydrogen-bond acceptors (Lipinski definition) is 5. The molecule has 2 atom stereocenters. The number of nitrogens with two attached hydrogens (primary N) is 1. The molecule has 1 aliphatic heterocycles. The molecule has 3 aromatic rings. The molecular weight excluding hydrogens is 468 g/mol. The highest BCUT2D eigenvalue weighted by molar-refractivity contribution is 7.89. The van der Waals surface area contributed by atoms with Crippen LogP contribution < -0.4 is 10.5 Å². The summed E-state index contributed by atoms with van der Waals surface area (Å²) in [6.45, 7) is 0.234. The molecule has 1 amide bonds. The van der Waals surface area contributed by atoms with E-state index in [0.29, 0.717) is 24.0 Å². The maximum Gasteiger partial charge on any atom is 0.326 e. The molecule has 3 aromatic carbocycles. The van der Waals surface area contributed by atoms with Crippen LogP contribution in [0.5, 0.6) is 0 Å². The van der Waals surface area contributed by atoms with Gasteiger partial charge in [0, 0.05) is 12.1 Å². The van der Waals surface area contributed by atoms with Gasteiger partial charge in [0.25, 0.3) is 0 Å². The molecule has 0 bridgehead atoms. The number of amidine groups is 1. The minimum atomic E-state index is -4.12. The van der Waals surface area contributed by atoms with Gasteiger partial charge in [0.15, 0.2) is 0 Å². The summed E-state index contributed by atoms with van der Waals surface area (Å²) in [5, 5.41) is 18.8. The van der Waals surface area contributed by atoms with Gasteiger partial charge in [-0.3, -0.25) is 10.2 Å². The zero-order chi connectivity index (χ0) is 25.2. The van der Waals surface area contributed by atoms with Crippen LogP contribution in [0.3, 0.4) is 0 Å². The number of fused-ring (bicyclic) bond motifs is 1. The van der Waals surface area contributed by atoms with Gasteiger partial charge in [0.2, 0.25) is 15.9 Å². The van der Waals surface area contributed by atoms with Crippen molar-refractivity contribution in [2.45, 2.75) is 36.2 Å². The molecule has 1 aliphatic rings. The quantitative estimate of drug-likeness (QED) is 0.278. The molecule has 1 heterocycles. The van der Waals surface area contributed by atoms with Crippen LogP contribution in [0, 0.1) is 5.41 Å². The standard InChI is InChI=1S/C25H26N4O5S/c26-23(27)19-8-3-5-16(13-19)14-21(24(30)29-12-4-9-22(29)25(31)32)28-35(33,34)20-11-10-17-6-1-2-7-18(17)15-20/h1-3,5-8,10-11,13,15,21-22,28H,4,9,12,14H2,(H3,26,27)(H,31,32)/t21-,22+/m0/s1. The second-order valence-corrected chi connectivity index (χ2v) is 10.2. The fourth-order valence-electron chi connectivity index (χ4n) is 4.36. The van der Waals surface area contributed by atoms with Crippen LogP contribution in [0.25, 0.3) is 10.8 Å². The second-order valence-electron chi connectivity index (χ2n) is 8.53. The Morgan fingerprint density at radius 1 is 1.09 bits per heavy atom. The highest BCUT2D eigenvalue weighted by atomic mass is 32.2. The SMILES string of the molecule is N=C(N)c1cccc(C[C@H](NS(=O)(=O)c2ccc3ccccc3c2)C(=O)N2CCC[C@@H]2C(=O)O)c1. The lowest BCUT2D eigenvalue weighted by Crippen LogP contribution is -2.52. The molecule has 0 radical (unpaired) electrons. The average molecular weight is 495 g/mol. The van der Waals surface area contributed by atoms with Gasteiger partial charge in [-0.25, -0.2) is 13.2 Å². The fourth-order valence-corrected chi connectivity index (χ4v) is 5.58. The van der Waals surface area contributed by atoms with E-state index in [9.17, 15) is 23.1 Å². The summed E-state index contributed by atoms with van der Waals surface area (Å²) >= 11 is 0. The monoisotopic (exact) mass is 494 g/mol. The van der Waals surface area contributed by atoms with Gasteiger partial charge in [0.1, 0.15) is 17.9 Å². The predicted molar refractivity (Wildman–Crippen MR) is 132 cm³/mol. The number of sulfonamides is 1. The largest absolute Gasteiger partial charge is 0.480 e. The first-order chi connectivity index (χ1) is 16.7. The van der Waals surface area contributed by atoms with Crippen LogP contribution in [0.4, 0.5) is 0 Å². The molecule has 0 spiro atoms. The number of nitrogen functional groups attached to an aromatic ring is 1. The summed E-state index contributed by atoms with van der Waals surface area (Å²) in [4.78, 5) is 26.4. The first-order valence-electron chi connectivity index (χ1n) is 11.1. The van der Waals surface area contributed by atoms with E-state index in [-0.39, 0.29) is 23.7 Å². The summed E-state index contributed by atoms with van der Waals surface area (Å²) in [6, 6.07) is 16.4. The van der Waals surface area contributed by atoms with Crippen molar-refractivity contribution >= 4 is 38.5 Å². The molecule has 4 rings (SSSR count). The van der Waals surface area contributed by atoms with E-state index >= 15 is 0 Å². The Labute approximate surface area is 203 Å². The number of nitrogens with zero attached hydrogens (tertiary/aromatic N) is 1. The average Bonchev–Trinajstić information content (AvgIpc) is 3.33. The van der Waals surface area contributed by atoms with E-state index in [1.165, 1.54) is 17.0 Å². The zero-order valence-electron chi connectivity index (χ0n) is 18.8. The number of nitrogens with one attached hydrogen (secondary N) is 2. The minimum Gasteiger partial charge on any atom is -0.480 e. The third-order valence-corrected chi connectivity index (χ3v) is 7.59. The van der Waals surface area contributed by atoms with Crippen molar-refractivity contribution in [1.82, 2.24) is 9.62 Å². The first-order valence-corrected chi connectivity index (χ1v) is 12.6. The van der Waals surface area contributed by atoms with Crippen molar-refractivity contribution in [1.29, 1.82) is 5.41 Å². The third kappa shape index (κ3) is 5.33. The third-order valence-electron chi connectivity index (χ3n) is 6.13. The molecule has 35 heavy (non-hydrogen) atoms. The molecule has 1 fully saturated rings. The van der Waals surface area contributed by atoms with Crippen LogP contribution in [-0.2, 0) is 26.0 Å². The maximum absolute atomic E-state index is 13.5. The van der Waals surface area contributed by atoms with Crippen LogP contribution in [0.1, 0.15) is 24.0 Å². The molecule has 1 saturated heterocycles. The lowest BCUT2D eigenvalue weighted by Gasteiger charge is -2.27. The number of benzene rings is 3. The number of carbonyl (C=O) groups is 2. The normalized spacial score (nSPS) is 16.8. The van der Waals surface area contributed by atoms with E-state index in [2.05, 4.69) is 4.72 Å². The highest BCUT2D eigenvalue weighted by Gasteiger charge is 2.38. The number of likely N-dealkylation sites (tertiary alicyclic amines) is 1. The molecule has 9 nitrogen and oxygen atoms in total. The van der Waals surface area contributed by atoms with Crippen molar-refractivity contribution in [3.8, 4) is 0 Å². The summed E-state index contributed by atoms with van der Waals surface area (Å²) in [5.74, 6) is -1.88. The van der Waals surface area contributed by atoms with E-state index in [1.807, 2.05) is 12.1 Å². The second kappa shape index (κ2) is 9.85. The molecule has 0 aromatic heterocycles. The number of carboxylic acid groups (broad SMARTS) is 1. The Balaban J connectivity index is 1.68. The van der Waals surface area contributed by atoms with E-state index < -0.39 is 34.0 Å². The van der Waals surface area contributed by atoms with Crippen molar-refractivity contribution in [3.63, 3.8) is 0 Å². The minimum absolute atomic E-state index is 0.00249. The van der Waals surface area contributed by atoms with Gasteiger partial charge < -0.3 is 15.7 Å². The zero-order valence-corrected chi connectivity index (χ0v) is 19.7. The van der Waals surface area contributed by atoms with Crippen LogP contribution >= 0.6 is 0 Å². The molecule has 0 unspecified atom stereocenters. The number of amides is 1. The van der Waals surface area contributed by atoms with Crippen molar-refractivity contribution in [2.24, 2.45) is 5.73 Å². The summed E-state index contributed by atoms with van der Waals surface area (Å²) in [5.41, 5.74) is 6.61. The highest BCUT2D eigenvalue weighted by Crippen LogP contribution is 2.23. The summed E-state index contributed by atoms with van der Waals surface area (Å²) < 4.78 is 29.2. The van der Waals surface area contributed by atoms with Gasteiger partial charge >= 0.3 is 5.97 Å². The Morgan fingerprint density at radius 2 is 1.83 bits per heavy atom. The van der Waals surface area contributed by atoms with E-state index in [1.54, 1.807) is 42.5 Å². The van der Waals surface area contributed by atoms with Gasteiger partial charge in [-0.15, -0.1) is 0 Å². The first kappa shape index (κ1) is 24.4. The molecule has 182 valence electrons. The van der Waals surface area contributed by atoms with Crippen molar-refractivity contribution < 1.29 is 23.1 Å². The van der Waals surface area contributed by atoms with E-state index in [0.717, 1.165) is 10.8 Å². The number of aliphatic carboxylic acids is 1. The Kier molecular flexibility index (Phi) is 6.86. The smallest absolute Gasteiger partial charge is 0.326 e. The Hall–Kier alpha value is -3.76. The topological polar surface area (TPSA) is 154 Å². The maximum atomic E-state index is 13.5. The van der Waals surface area contributed by atoms with Gasteiger partial charge in [-0.1, -0.05) is 48.5 Å². The fraction of sp³-hybridized carbons (Fsp3) is 0.240. The molecule has 10 heteroatoms. The van der Waals surface area contributed by atoms with Crippen molar-refractivity contribution in [3.05, 3.63) is 77.9 Å². The van der Waals surface area contributed by atoms with Gasteiger partial charge in [-0.2, -0.15) is 4.72 Å². The predicted octanol–water partition coefficient (Wildman–Crippen LogP) is 2.09. The van der Waals surface area contributed by atoms with E-state index in [4.69, 9.17) is 11.1 Å². The molecule has 0 aliphatic carbocycles. The molecule has 5 N–H and O–H groups in total. The summed E-state index contributed by atoms with van der Waals surface area (Å²) in [7, 11) is -4.12. The van der Waals surface area contributed by atoms with Crippen LogP contribution in [0.15, 0.2) is 71.6 Å². The van der Waals surface area contributed by atoms with Crippen LogP contribution in [-0.4, -0.2) is 54.8 Å². The Morgan fingerprint density at radius 3 is 2.54 bits per heavy atom. The van der Waals surface area contributed by atoms with Gasteiger partial charge in [-0.05, 0) is 53.8 Å². The lowest BCUT2D eigenvalue weighted by atomic mass is 10.0. The number of carboxylic acids is 1. The summed E-state index contributed by atoms with van der Waals surface area (Å²) in [6.07, 6.45) is 0.799. The van der Waals surface area contributed by atoms with Crippen molar-refractivity contribution in [2.75, 3.05) is 6.54 Å². The number of carbonyl (C=O) groups excluding carboxylic acids is 1. The Bertz CT molecular complexity index is 1410. The number of rotatable bonds is 8. The lowest BCUT2D eigenvalue weighted by molar-refractivity contribution is -0.148. The number of hydrogen-bond donors (Lipinski definition) is 4. The van der Waals surface area contributed by atoms with Crippen LogP contribution in [0.2, 0.25) is 0 Å². The molecular formula is C25H26N4O5S. The molecule has 0 saturated carbocycles.